The van der Waals surface area contributed by atoms with Crippen LogP contribution in [0, 0.1) is 5.92 Å². The van der Waals surface area contributed by atoms with Gasteiger partial charge in [-0.15, -0.1) is 0 Å². The number of piperidine rings is 1. The van der Waals surface area contributed by atoms with E-state index in [2.05, 4.69) is 34.7 Å². The number of aliphatic imine (C=N–C) groups is 1. The predicted molar refractivity (Wildman–Crippen MR) is 98.2 cm³/mol. The van der Waals surface area contributed by atoms with Crippen LogP contribution in [0.15, 0.2) is 29.3 Å². The number of guanidine groups is 1. The lowest BCUT2D eigenvalue weighted by Crippen LogP contribution is -2.38. The Morgan fingerprint density at radius 2 is 2.00 bits per heavy atom. The Balaban J connectivity index is 1.57. The fourth-order valence-corrected chi connectivity index (χ4v) is 2.94. The Morgan fingerprint density at radius 1 is 1.21 bits per heavy atom. The van der Waals surface area contributed by atoms with Crippen LogP contribution in [-0.2, 0) is 11.3 Å². The zero-order valence-corrected chi connectivity index (χ0v) is 14.6. The Bertz CT molecular complexity index is 578. The van der Waals surface area contributed by atoms with Gasteiger partial charge in [-0.05, 0) is 56.2 Å². The van der Waals surface area contributed by atoms with Crippen LogP contribution in [0.3, 0.4) is 0 Å². The van der Waals surface area contributed by atoms with Crippen molar-refractivity contribution >= 4 is 17.6 Å². The van der Waals surface area contributed by atoms with Crippen molar-refractivity contribution in [2.45, 2.75) is 45.6 Å². The highest BCUT2D eigenvalue weighted by molar-refractivity contribution is 5.93. The van der Waals surface area contributed by atoms with E-state index < -0.39 is 0 Å². The monoisotopic (exact) mass is 328 g/mol. The highest BCUT2D eigenvalue weighted by atomic mass is 16.2. The summed E-state index contributed by atoms with van der Waals surface area (Å²) in [4.78, 5) is 18.5. The van der Waals surface area contributed by atoms with Crippen molar-refractivity contribution < 1.29 is 4.79 Å². The molecular formula is C19H28N4O. The number of benzene rings is 1. The second-order valence-corrected chi connectivity index (χ2v) is 6.69. The van der Waals surface area contributed by atoms with Gasteiger partial charge in [-0.25, -0.2) is 4.99 Å². The molecule has 24 heavy (non-hydrogen) atoms. The van der Waals surface area contributed by atoms with Gasteiger partial charge in [0.25, 0.3) is 0 Å². The van der Waals surface area contributed by atoms with Crippen LogP contribution in [0.2, 0.25) is 0 Å². The summed E-state index contributed by atoms with van der Waals surface area (Å²) in [5, 5.41) is 6.70. The number of carbonyl (C=O) groups excluding carboxylic acids is 1. The molecular weight excluding hydrogens is 300 g/mol. The molecule has 5 nitrogen and oxygen atoms in total. The first kappa shape index (κ1) is 16.8. The van der Waals surface area contributed by atoms with Gasteiger partial charge in [0.2, 0.25) is 5.91 Å². The van der Waals surface area contributed by atoms with Gasteiger partial charge >= 0.3 is 0 Å². The lowest BCUT2D eigenvalue weighted by molar-refractivity contribution is -0.119. The molecule has 1 aromatic carbocycles. The third-order valence-corrected chi connectivity index (χ3v) is 4.59. The molecule has 3 rings (SSSR count). The molecule has 2 N–H and O–H groups in total. The quantitative estimate of drug-likeness (QED) is 0.623. The van der Waals surface area contributed by atoms with Crippen molar-refractivity contribution in [2.24, 2.45) is 10.9 Å². The summed E-state index contributed by atoms with van der Waals surface area (Å²) in [6.07, 6.45) is 5.45. The molecule has 2 fully saturated rings. The van der Waals surface area contributed by atoms with E-state index in [0.29, 0.717) is 13.0 Å². The molecule has 2 aliphatic rings. The van der Waals surface area contributed by atoms with Crippen LogP contribution in [0.1, 0.15) is 44.6 Å². The van der Waals surface area contributed by atoms with E-state index in [1.165, 1.54) is 12.8 Å². The highest BCUT2D eigenvalue weighted by Crippen LogP contribution is 2.27. The molecule has 1 heterocycles. The van der Waals surface area contributed by atoms with E-state index in [9.17, 15) is 4.79 Å². The third kappa shape index (κ3) is 4.73. The summed E-state index contributed by atoms with van der Waals surface area (Å²) >= 11 is 0. The minimum absolute atomic E-state index is 0.241. The van der Waals surface area contributed by atoms with E-state index in [4.69, 9.17) is 0 Å². The van der Waals surface area contributed by atoms with Gasteiger partial charge in [0.1, 0.15) is 0 Å². The largest absolute Gasteiger partial charge is 0.357 e. The second-order valence-electron chi connectivity index (χ2n) is 6.69. The molecule has 1 saturated heterocycles. The molecule has 0 aromatic heterocycles. The molecule has 130 valence electrons. The first-order valence-electron chi connectivity index (χ1n) is 9.17. The SMILES string of the molecule is CCNC(=NCc1ccc(N2CCCCC2=O)cc1)NCC1CC1. The van der Waals surface area contributed by atoms with Crippen LogP contribution >= 0.6 is 0 Å². The molecule has 0 atom stereocenters. The first-order valence-corrected chi connectivity index (χ1v) is 9.17. The minimum Gasteiger partial charge on any atom is -0.357 e. The van der Waals surface area contributed by atoms with Gasteiger partial charge in [-0.1, -0.05) is 12.1 Å². The third-order valence-electron chi connectivity index (χ3n) is 4.59. The maximum atomic E-state index is 12.0. The smallest absolute Gasteiger partial charge is 0.226 e. The van der Waals surface area contributed by atoms with Crippen LogP contribution < -0.4 is 15.5 Å². The van der Waals surface area contributed by atoms with Crippen LogP contribution in [0.5, 0.6) is 0 Å². The number of nitrogens with one attached hydrogen (secondary N) is 2. The van der Waals surface area contributed by atoms with E-state index in [1.54, 1.807) is 0 Å². The van der Waals surface area contributed by atoms with Gasteiger partial charge in [-0.3, -0.25) is 4.79 Å². The number of nitrogens with zero attached hydrogens (tertiary/aromatic N) is 2. The van der Waals surface area contributed by atoms with Crippen molar-refractivity contribution in [3.8, 4) is 0 Å². The number of carbonyl (C=O) groups is 1. The zero-order valence-electron chi connectivity index (χ0n) is 14.6. The molecule has 1 aromatic rings. The standard InChI is InChI=1S/C19H28N4O/c1-2-20-19(21-13-15-6-7-15)22-14-16-8-10-17(11-9-16)23-12-4-3-5-18(23)24/h8-11,15H,2-7,12-14H2,1H3,(H2,20,21,22). The van der Waals surface area contributed by atoms with Crippen molar-refractivity contribution in [2.75, 3.05) is 24.5 Å². The van der Waals surface area contributed by atoms with Gasteiger partial charge in [0.05, 0.1) is 6.54 Å². The summed E-state index contributed by atoms with van der Waals surface area (Å²) in [6.45, 7) is 5.45. The normalized spacial score (nSPS) is 18.6. The number of anilines is 1. The van der Waals surface area contributed by atoms with Gasteiger partial charge in [0.15, 0.2) is 5.96 Å². The Morgan fingerprint density at radius 3 is 2.67 bits per heavy atom. The zero-order chi connectivity index (χ0) is 16.8. The second kappa shape index (κ2) is 8.18. The molecule has 1 aliphatic carbocycles. The average molecular weight is 328 g/mol. The van der Waals surface area contributed by atoms with Crippen molar-refractivity contribution in [3.05, 3.63) is 29.8 Å². The van der Waals surface area contributed by atoms with Crippen LogP contribution in [0.4, 0.5) is 5.69 Å². The molecule has 0 bridgehead atoms. The fourth-order valence-electron chi connectivity index (χ4n) is 2.94. The van der Waals surface area contributed by atoms with Crippen LogP contribution in [0.25, 0.3) is 0 Å². The Kier molecular flexibility index (Phi) is 5.72. The van der Waals surface area contributed by atoms with Crippen molar-refractivity contribution in [3.63, 3.8) is 0 Å². The van der Waals surface area contributed by atoms with Gasteiger partial charge in [0, 0.05) is 31.7 Å². The van der Waals surface area contributed by atoms with Gasteiger partial charge in [-0.2, -0.15) is 0 Å². The summed E-state index contributed by atoms with van der Waals surface area (Å²) in [5.74, 6) is 1.96. The lowest BCUT2D eigenvalue weighted by atomic mass is 10.1. The van der Waals surface area contributed by atoms with E-state index in [1.807, 2.05) is 17.0 Å². The van der Waals surface area contributed by atoms with E-state index >= 15 is 0 Å². The van der Waals surface area contributed by atoms with Crippen LogP contribution in [-0.4, -0.2) is 31.5 Å². The van der Waals surface area contributed by atoms with Gasteiger partial charge < -0.3 is 15.5 Å². The maximum absolute atomic E-state index is 12.0. The van der Waals surface area contributed by atoms with Crippen molar-refractivity contribution in [1.29, 1.82) is 0 Å². The summed E-state index contributed by atoms with van der Waals surface area (Å²) < 4.78 is 0. The van der Waals surface area contributed by atoms with E-state index in [0.717, 1.165) is 55.6 Å². The molecule has 0 radical (unpaired) electrons. The fraction of sp³-hybridized carbons (Fsp3) is 0.579. The molecule has 5 heteroatoms. The number of rotatable bonds is 6. The molecule has 0 spiro atoms. The molecule has 0 unspecified atom stereocenters. The van der Waals surface area contributed by atoms with E-state index in [-0.39, 0.29) is 5.91 Å². The average Bonchev–Trinajstić information content (AvgIpc) is 3.43. The number of amides is 1. The summed E-state index contributed by atoms with van der Waals surface area (Å²) in [5.41, 5.74) is 2.16. The summed E-state index contributed by atoms with van der Waals surface area (Å²) in [6, 6.07) is 8.23. The molecule has 1 saturated carbocycles. The Hall–Kier alpha value is -2.04. The number of hydrogen-bond donors (Lipinski definition) is 2. The molecule has 1 aliphatic heterocycles. The summed E-state index contributed by atoms with van der Waals surface area (Å²) in [7, 11) is 0. The maximum Gasteiger partial charge on any atom is 0.226 e. The first-order chi connectivity index (χ1) is 11.8. The lowest BCUT2D eigenvalue weighted by Gasteiger charge is -2.26. The predicted octanol–water partition coefficient (Wildman–Crippen LogP) is 2.67. The topological polar surface area (TPSA) is 56.7 Å². The van der Waals surface area contributed by atoms with Crippen molar-refractivity contribution in [1.82, 2.24) is 10.6 Å². The number of hydrogen-bond acceptors (Lipinski definition) is 2. The minimum atomic E-state index is 0.241. The molecule has 1 amide bonds. The highest BCUT2D eigenvalue weighted by Gasteiger charge is 2.21. The Labute approximate surface area is 144 Å².